The number of anilines is 1. The molecule has 0 unspecified atom stereocenters. The smallest absolute Gasteiger partial charge is 0.253 e. The molecule has 1 aromatic carbocycles. The van der Waals surface area contributed by atoms with Crippen molar-refractivity contribution in [3.8, 4) is 0 Å². The van der Waals surface area contributed by atoms with Crippen LogP contribution in [0.25, 0.3) is 11.1 Å². The molecular weight excluding hydrogens is 322 g/mol. The number of fused-ring (bicyclic) bond motifs is 1. The lowest BCUT2D eigenvalue weighted by Gasteiger charge is -2.04. The quantitative estimate of drug-likeness (QED) is 0.731. The molecular formula is C14H12BrN3O2. The highest BCUT2D eigenvalue weighted by atomic mass is 79.9. The average Bonchev–Trinajstić information content (AvgIpc) is 2.79. The minimum Gasteiger partial charge on any atom is -0.439 e. The van der Waals surface area contributed by atoms with Gasteiger partial charge in [-0.15, -0.1) is 0 Å². The number of hydrogen-bond donors (Lipinski definition) is 1. The number of oxazole rings is 1. The zero-order valence-corrected chi connectivity index (χ0v) is 12.3. The molecule has 0 saturated heterocycles. The van der Waals surface area contributed by atoms with Gasteiger partial charge in [0.2, 0.25) is 5.89 Å². The van der Waals surface area contributed by atoms with E-state index in [2.05, 4.69) is 20.9 Å². The molecule has 0 aliphatic carbocycles. The van der Waals surface area contributed by atoms with E-state index >= 15 is 0 Å². The van der Waals surface area contributed by atoms with E-state index in [4.69, 9.17) is 10.2 Å². The van der Waals surface area contributed by atoms with Crippen molar-refractivity contribution in [2.45, 2.75) is 13.5 Å². The zero-order valence-electron chi connectivity index (χ0n) is 10.8. The van der Waals surface area contributed by atoms with E-state index in [1.54, 1.807) is 35.9 Å². The van der Waals surface area contributed by atoms with E-state index < -0.39 is 0 Å². The lowest BCUT2D eigenvalue weighted by molar-refractivity contribution is 0.503. The SMILES string of the molecule is Cc1cc(Br)cn(Cc2nc3c(N)cccc3o2)c1=O. The topological polar surface area (TPSA) is 74.1 Å². The van der Waals surface area contributed by atoms with Gasteiger partial charge in [-0.1, -0.05) is 6.07 Å². The number of halogens is 1. The fourth-order valence-corrected chi connectivity index (χ4v) is 2.68. The maximum Gasteiger partial charge on any atom is 0.253 e. The third-order valence-corrected chi connectivity index (χ3v) is 3.47. The fourth-order valence-electron chi connectivity index (χ4n) is 2.09. The Hall–Kier alpha value is -2.08. The van der Waals surface area contributed by atoms with Crippen molar-refractivity contribution >= 4 is 32.7 Å². The van der Waals surface area contributed by atoms with Crippen molar-refractivity contribution in [2.24, 2.45) is 0 Å². The average molecular weight is 334 g/mol. The van der Waals surface area contributed by atoms with Crippen LogP contribution in [0, 0.1) is 6.92 Å². The summed E-state index contributed by atoms with van der Waals surface area (Å²) < 4.78 is 8.02. The van der Waals surface area contributed by atoms with E-state index in [0.29, 0.717) is 28.2 Å². The zero-order chi connectivity index (χ0) is 14.3. The molecule has 2 N–H and O–H groups in total. The summed E-state index contributed by atoms with van der Waals surface area (Å²) in [6.07, 6.45) is 1.72. The lowest BCUT2D eigenvalue weighted by Crippen LogP contribution is -2.22. The molecule has 3 aromatic rings. The number of para-hydroxylation sites is 1. The van der Waals surface area contributed by atoms with Crippen LogP contribution in [0.15, 0.2) is 44.1 Å². The van der Waals surface area contributed by atoms with Crippen LogP contribution < -0.4 is 11.3 Å². The first kappa shape index (κ1) is 12.9. The molecule has 0 spiro atoms. The van der Waals surface area contributed by atoms with Gasteiger partial charge in [-0.05, 0) is 41.1 Å². The molecule has 0 fully saturated rings. The number of nitrogens with zero attached hydrogens (tertiary/aromatic N) is 2. The maximum atomic E-state index is 12.1. The molecule has 20 heavy (non-hydrogen) atoms. The Morgan fingerprint density at radius 2 is 2.25 bits per heavy atom. The van der Waals surface area contributed by atoms with Gasteiger partial charge in [0.15, 0.2) is 5.58 Å². The summed E-state index contributed by atoms with van der Waals surface area (Å²) in [5, 5.41) is 0. The Balaban J connectivity index is 2.06. The molecule has 0 atom stereocenters. The first-order valence-electron chi connectivity index (χ1n) is 6.05. The Morgan fingerprint density at radius 3 is 3.00 bits per heavy atom. The molecule has 2 heterocycles. The molecule has 5 nitrogen and oxygen atoms in total. The molecule has 3 rings (SSSR count). The van der Waals surface area contributed by atoms with Crippen LogP contribution in [0.3, 0.4) is 0 Å². The van der Waals surface area contributed by atoms with Crippen LogP contribution in [0.5, 0.6) is 0 Å². The summed E-state index contributed by atoms with van der Waals surface area (Å²) in [6, 6.07) is 7.16. The van der Waals surface area contributed by atoms with E-state index in [9.17, 15) is 4.79 Å². The van der Waals surface area contributed by atoms with E-state index in [-0.39, 0.29) is 12.1 Å². The molecule has 2 aromatic heterocycles. The molecule has 102 valence electrons. The second-order valence-electron chi connectivity index (χ2n) is 4.58. The van der Waals surface area contributed by atoms with Gasteiger partial charge >= 0.3 is 0 Å². The number of rotatable bonds is 2. The number of aromatic nitrogens is 2. The predicted molar refractivity (Wildman–Crippen MR) is 80.7 cm³/mol. The predicted octanol–water partition coefficient (Wildman–Crippen LogP) is 2.69. The standard InChI is InChI=1S/C14H12BrN3O2/c1-8-5-9(15)6-18(14(8)19)7-12-17-13-10(16)3-2-4-11(13)20-12/h2-6H,7,16H2,1H3. The monoisotopic (exact) mass is 333 g/mol. The van der Waals surface area contributed by atoms with Crippen LogP contribution >= 0.6 is 15.9 Å². The van der Waals surface area contributed by atoms with Gasteiger partial charge in [0.05, 0.1) is 5.69 Å². The van der Waals surface area contributed by atoms with Gasteiger partial charge in [-0.3, -0.25) is 4.79 Å². The summed E-state index contributed by atoms with van der Waals surface area (Å²) >= 11 is 3.38. The van der Waals surface area contributed by atoms with E-state index in [1.807, 2.05) is 6.07 Å². The number of pyridine rings is 1. The number of nitrogens with two attached hydrogens (primary N) is 1. The molecule has 0 bridgehead atoms. The fraction of sp³-hybridized carbons (Fsp3) is 0.143. The molecule has 0 aliphatic heterocycles. The largest absolute Gasteiger partial charge is 0.439 e. The minimum absolute atomic E-state index is 0.0663. The number of nitrogen functional groups attached to an aromatic ring is 1. The van der Waals surface area contributed by atoms with Gasteiger partial charge in [0.25, 0.3) is 5.56 Å². The summed E-state index contributed by atoms with van der Waals surface area (Å²) in [5.74, 6) is 0.456. The van der Waals surface area contributed by atoms with Crippen molar-refractivity contribution in [1.29, 1.82) is 0 Å². The molecule has 0 saturated carbocycles. The normalized spacial score (nSPS) is 11.1. The van der Waals surface area contributed by atoms with Crippen LogP contribution in [0.1, 0.15) is 11.5 Å². The molecule has 0 amide bonds. The summed E-state index contributed by atoms with van der Waals surface area (Å²) in [7, 11) is 0. The number of hydrogen-bond acceptors (Lipinski definition) is 4. The highest BCUT2D eigenvalue weighted by Gasteiger charge is 2.10. The van der Waals surface area contributed by atoms with Crippen LogP contribution in [-0.4, -0.2) is 9.55 Å². The number of benzene rings is 1. The van der Waals surface area contributed by atoms with Gasteiger partial charge < -0.3 is 14.7 Å². The molecule has 0 radical (unpaired) electrons. The van der Waals surface area contributed by atoms with Crippen LogP contribution in [-0.2, 0) is 6.54 Å². The van der Waals surface area contributed by atoms with E-state index in [0.717, 1.165) is 4.47 Å². The third kappa shape index (κ3) is 2.22. The lowest BCUT2D eigenvalue weighted by atomic mass is 10.3. The van der Waals surface area contributed by atoms with Crippen molar-refractivity contribution in [2.75, 3.05) is 5.73 Å². The Bertz CT molecular complexity index is 851. The van der Waals surface area contributed by atoms with Gasteiger partial charge in [0, 0.05) is 16.2 Å². The molecule has 0 aliphatic rings. The Labute approximate surface area is 123 Å². The van der Waals surface area contributed by atoms with Crippen molar-refractivity contribution in [3.05, 3.63) is 56.7 Å². The third-order valence-electron chi connectivity index (χ3n) is 3.03. The summed E-state index contributed by atoms with van der Waals surface area (Å²) in [5.41, 5.74) is 8.26. The minimum atomic E-state index is -0.0663. The summed E-state index contributed by atoms with van der Waals surface area (Å²) in [6.45, 7) is 2.04. The molecule has 6 heteroatoms. The Morgan fingerprint density at radius 1 is 1.45 bits per heavy atom. The first-order valence-corrected chi connectivity index (χ1v) is 6.84. The van der Waals surface area contributed by atoms with Crippen molar-refractivity contribution in [1.82, 2.24) is 9.55 Å². The van der Waals surface area contributed by atoms with Gasteiger partial charge in [-0.2, -0.15) is 0 Å². The van der Waals surface area contributed by atoms with Gasteiger partial charge in [-0.25, -0.2) is 4.98 Å². The second kappa shape index (κ2) is 4.79. The Kier molecular flexibility index (Phi) is 3.10. The van der Waals surface area contributed by atoms with Gasteiger partial charge in [0.1, 0.15) is 12.1 Å². The van der Waals surface area contributed by atoms with E-state index in [1.165, 1.54) is 0 Å². The van der Waals surface area contributed by atoms with Crippen LogP contribution in [0.2, 0.25) is 0 Å². The number of aryl methyl sites for hydroxylation is 1. The van der Waals surface area contributed by atoms with Crippen molar-refractivity contribution in [3.63, 3.8) is 0 Å². The highest BCUT2D eigenvalue weighted by molar-refractivity contribution is 9.10. The second-order valence-corrected chi connectivity index (χ2v) is 5.49. The maximum absolute atomic E-state index is 12.1. The van der Waals surface area contributed by atoms with Crippen LogP contribution in [0.4, 0.5) is 5.69 Å². The highest BCUT2D eigenvalue weighted by Crippen LogP contribution is 2.21. The van der Waals surface area contributed by atoms with Crippen molar-refractivity contribution < 1.29 is 4.42 Å². The summed E-state index contributed by atoms with van der Waals surface area (Å²) in [4.78, 5) is 16.4. The first-order chi connectivity index (χ1) is 9.54.